The van der Waals surface area contributed by atoms with Gasteiger partial charge in [-0.2, -0.15) is 0 Å². The van der Waals surface area contributed by atoms with E-state index >= 15 is 0 Å². The van der Waals surface area contributed by atoms with Crippen LogP contribution in [0.25, 0.3) is 6.08 Å². The van der Waals surface area contributed by atoms with Gasteiger partial charge in [0.1, 0.15) is 0 Å². The predicted molar refractivity (Wildman–Crippen MR) is 78.0 cm³/mol. The molecule has 1 aromatic heterocycles. The van der Waals surface area contributed by atoms with Crippen LogP contribution in [0.4, 0.5) is 0 Å². The molecule has 0 atom stereocenters. The van der Waals surface area contributed by atoms with Crippen molar-refractivity contribution in [1.82, 2.24) is 5.32 Å². The molecule has 0 aliphatic carbocycles. The van der Waals surface area contributed by atoms with Gasteiger partial charge < -0.3 is 14.8 Å². The van der Waals surface area contributed by atoms with Crippen LogP contribution < -0.4 is 5.32 Å². The molecule has 21 heavy (non-hydrogen) atoms. The molecule has 0 fully saturated rings. The van der Waals surface area contributed by atoms with E-state index < -0.39 is 5.97 Å². The predicted octanol–water partition coefficient (Wildman–Crippen LogP) is 2.96. The molecule has 0 bridgehead atoms. The second kappa shape index (κ2) is 6.76. The minimum Gasteiger partial charge on any atom is -0.478 e. The molecule has 0 aliphatic heterocycles. The Hall–Kier alpha value is -2.53. The normalized spacial score (nSPS) is 10.7. The average Bonchev–Trinajstić information content (AvgIpc) is 2.90. The van der Waals surface area contributed by atoms with Crippen LogP contribution in [-0.4, -0.2) is 17.0 Å². The Bertz CT molecular complexity index is 673. The molecule has 5 nitrogen and oxygen atoms in total. The largest absolute Gasteiger partial charge is 0.478 e. The molecule has 0 saturated carbocycles. The lowest BCUT2D eigenvalue weighted by Crippen LogP contribution is -2.22. The van der Waals surface area contributed by atoms with Crippen molar-refractivity contribution in [3.63, 3.8) is 0 Å². The maximum Gasteiger partial charge on any atom is 0.328 e. The Morgan fingerprint density at radius 2 is 1.95 bits per heavy atom. The van der Waals surface area contributed by atoms with E-state index in [0.29, 0.717) is 6.54 Å². The Kier molecular flexibility index (Phi) is 4.79. The lowest BCUT2D eigenvalue weighted by Gasteiger charge is -2.04. The number of carboxylic acid groups (broad SMARTS) is 1. The molecule has 2 rings (SSSR count). The van der Waals surface area contributed by atoms with E-state index in [1.54, 1.807) is 24.3 Å². The highest BCUT2D eigenvalue weighted by Gasteiger charge is 2.12. The van der Waals surface area contributed by atoms with Crippen molar-refractivity contribution in [1.29, 1.82) is 0 Å². The maximum atomic E-state index is 11.8. The van der Waals surface area contributed by atoms with E-state index in [2.05, 4.69) is 5.32 Å². The summed E-state index contributed by atoms with van der Waals surface area (Å²) in [6.45, 7) is 0.337. The van der Waals surface area contributed by atoms with Crippen LogP contribution in [0.5, 0.6) is 0 Å². The molecule has 1 heterocycles. The van der Waals surface area contributed by atoms with Crippen molar-refractivity contribution in [2.24, 2.45) is 0 Å². The Morgan fingerprint density at radius 3 is 2.52 bits per heavy atom. The fourth-order valence-electron chi connectivity index (χ4n) is 1.65. The van der Waals surface area contributed by atoms with Crippen LogP contribution in [-0.2, 0) is 11.3 Å². The summed E-state index contributed by atoms with van der Waals surface area (Å²) < 4.78 is 4.85. The number of aliphatic carboxylic acids is 1. The fraction of sp³-hybridized carbons (Fsp3) is 0.0667. The van der Waals surface area contributed by atoms with Crippen molar-refractivity contribution < 1.29 is 19.1 Å². The third-order valence-corrected chi connectivity index (χ3v) is 3.01. The molecular formula is C15H12ClNO4. The van der Waals surface area contributed by atoms with Gasteiger partial charge in [0.25, 0.3) is 5.91 Å². The molecule has 0 saturated heterocycles. The molecule has 1 amide bonds. The zero-order valence-corrected chi connectivity index (χ0v) is 11.6. The summed E-state index contributed by atoms with van der Waals surface area (Å²) in [5.41, 5.74) is 1.94. The number of nitrogens with one attached hydrogen (secondary N) is 1. The van der Waals surface area contributed by atoms with E-state index in [9.17, 15) is 9.59 Å². The fourth-order valence-corrected chi connectivity index (χ4v) is 1.85. The van der Waals surface area contributed by atoms with Gasteiger partial charge in [0.15, 0.2) is 0 Å². The van der Waals surface area contributed by atoms with Gasteiger partial charge >= 0.3 is 5.97 Å². The number of benzene rings is 1. The SMILES string of the molecule is O=C(O)/C=C/c1ccc(CNC(=O)c2ccoc2Cl)cc1. The number of hydrogen-bond donors (Lipinski definition) is 2. The first-order chi connectivity index (χ1) is 10.1. The first kappa shape index (κ1) is 14.9. The number of carbonyl (C=O) groups is 2. The van der Waals surface area contributed by atoms with E-state index in [-0.39, 0.29) is 16.7 Å². The molecule has 2 aromatic rings. The highest BCUT2D eigenvalue weighted by molar-refractivity contribution is 6.32. The minimum atomic E-state index is -0.997. The number of carbonyl (C=O) groups excluding carboxylic acids is 1. The third kappa shape index (κ3) is 4.22. The Balaban J connectivity index is 1.93. The number of carboxylic acids is 1. The summed E-state index contributed by atoms with van der Waals surface area (Å²) in [5.74, 6) is -1.31. The van der Waals surface area contributed by atoms with Crippen molar-refractivity contribution in [2.45, 2.75) is 6.54 Å². The topological polar surface area (TPSA) is 79.5 Å². The second-order valence-corrected chi connectivity index (χ2v) is 4.55. The van der Waals surface area contributed by atoms with Gasteiger partial charge in [-0.05, 0) is 34.9 Å². The molecule has 0 radical (unpaired) electrons. The van der Waals surface area contributed by atoms with Crippen LogP contribution in [0.3, 0.4) is 0 Å². The smallest absolute Gasteiger partial charge is 0.328 e. The maximum absolute atomic E-state index is 11.8. The minimum absolute atomic E-state index is 0.0571. The molecular weight excluding hydrogens is 294 g/mol. The first-order valence-corrected chi connectivity index (χ1v) is 6.45. The van der Waals surface area contributed by atoms with E-state index in [1.807, 2.05) is 0 Å². The number of furan rings is 1. The highest BCUT2D eigenvalue weighted by atomic mass is 35.5. The molecule has 6 heteroatoms. The van der Waals surface area contributed by atoms with Gasteiger partial charge in [-0.1, -0.05) is 24.3 Å². The monoisotopic (exact) mass is 305 g/mol. The molecule has 1 aromatic carbocycles. The van der Waals surface area contributed by atoms with Crippen LogP contribution in [0.2, 0.25) is 5.22 Å². The molecule has 0 aliphatic rings. The lowest BCUT2D eigenvalue weighted by molar-refractivity contribution is -0.131. The zero-order chi connectivity index (χ0) is 15.2. The molecule has 2 N–H and O–H groups in total. The zero-order valence-electron chi connectivity index (χ0n) is 10.9. The molecule has 0 unspecified atom stereocenters. The van der Waals surface area contributed by atoms with Gasteiger partial charge in [0.05, 0.1) is 11.8 Å². The van der Waals surface area contributed by atoms with Crippen molar-refractivity contribution in [3.8, 4) is 0 Å². The standard InChI is InChI=1S/C15H12ClNO4/c16-14-12(7-8-21-14)15(20)17-9-11-3-1-10(2-4-11)5-6-13(18)19/h1-8H,9H2,(H,17,20)(H,18,19)/b6-5+. The van der Waals surface area contributed by atoms with Crippen LogP contribution in [0, 0.1) is 0 Å². The van der Waals surface area contributed by atoms with E-state index in [0.717, 1.165) is 17.2 Å². The van der Waals surface area contributed by atoms with Gasteiger partial charge in [-0.15, -0.1) is 0 Å². The van der Waals surface area contributed by atoms with Crippen molar-refractivity contribution >= 4 is 29.6 Å². The van der Waals surface area contributed by atoms with Crippen molar-refractivity contribution in [3.05, 3.63) is 64.6 Å². The summed E-state index contributed by atoms with van der Waals surface area (Å²) in [6, 6.07) is 8.65. The Labute approximate surface area is 125 Å². The summed E-state index contributed by atoms with van der Waals surface area (Å²) >= 11 is 5.71. The highest BCUT2D eigenvalue weighted by Crippen LogP contribution is 2.16. The number of amides is 1. The van der Waals surface area contributed by atoms with E-state index in [1.165, 1.54) is 18.4 Å². The van der Waals surface area contributed by atoms with Crippen molar-refractivity contribution in [2.75, 3.05) is 0 Å². The third-order valence-electron chi connectivity index (χ3n) is 2.71. The molecule has 0 spiro atoms. The summed E-state index contributed by atoms with van der Waals surface area (Å²) in [6.07, 6.45) is 3.91. The number of hydrogen-bond acceptors (Lipinski definition) is 3. The summed E-state index contributed by atoms with van der Waals surface area (Å²) in [5, 5.41) is 11.3. The first-order valence-electron chi connectivity index (χ1n) is 6.07. The van der Waals surface area contributed by atoms with Crippen LogP contribution in [0.15, 0.2) is 47.1 Å². The van der Waals surface area contributed by atoms with Gasteiger partial charge in [0, 0.05) is 12.6 Å². The second-order valence-electron chi connectivity index (χ2n) is 4.20. The van der Waals surface area contributed by atoms with Crippen LogP contribution in [0.1, 0.15) is 21.5 Å². The van der Waals surface area contributed by atoms with Gasteiger partial charge in [-0.3, -0.25) is 4.79 Å². The summed E-state index contributed by atoms with van der Waals surface area (Å²) in [7, 11) is 0. The summed E-state index contributed by atoms with van der Waals surface area (Å²) in [4.78, 5) is 22.2. The average molecular weight is 306 g/mol. The van der Waals surface area contributed by atoms with Gasteiger partial charge in [-0.25, -0.2) is 4.79 Å². The van der Waals surface area contributed by atoms with Crippen LogP contribution >= 0.6 is 11.6 Å². The Morgan fingerprint density at radius 1 is 1.24 bits per heavy atom. The molecule has 108 valence electrons. The number of rotatable bonds is 5. The quantitative estimate of drug-likeness (QED) is 0.832. The lowest BCUT2D eigenvalue weighted by atomic mass is 10.1. The number of halogens is 1. The van der Waals surface area contributed by atoms with E-state index in [4.69, 9.17) is 21.1 Å². The van der Waals surface area contributed by atoms with Gasteiger partial charge in [0.2, 0.25) is 5.22 Å².